The van der Waals surface area contributed by atoms with E-state index in [1.54, 1.807) is 0 Å². The van der Waals surface area contributed by atoms with E-state index in [4.69, 9.17) is 4.74 Å². The van der Waals surface area contributed by atoms with Crippen molar-refractivity contribution in [3.63, 3.8) is 0 Å². The average molecular weight is 155 g/mol. The summed E-state index contributed by atoms with van der Waals surface area (Å²) in [5, 5.41) is 3.42. The van der Waals surface area contributed by atoms with Crippen LogP contribution in [0.5, 0.6) is 0 Å². The molecule has 0 amide bonds. The molecule has 0 atom stereocenters. The first-order chi connectivity index (χ1) is 5.41. The topological polar surface area (TPSA) is 21.3 Å². The Kier molecular flexibility index (Phi) is 2.14. The maximum absolute atomic E-state index is 5.84. The van der Waals surface area contributed by atoms with E-state index >= 15 is 0 Å². The van der Waals surface area contributed by atoms with Crippen LogP contribution in [0.1, 0.15) is 32.1 Å². The van der Waals surface area contributed by atoms with Crippen LogP contribution in [-0.4, -0.2) is 25.3 Å². The first-order valence-corrected chi connectivity index (χ1v) is 4.76. The Morgan fingerprint density at radius 1 is 1.09 bits per heavy atom. The minimum absolute atomic E-state index is 0.247. The van der Waals surface area contributed by atoms with E-state index in [1.807, 2.05) is 0 Å². The molecule has 1 heterocycles. The van der Waals surface area contributed by atoms with Gasteiger partial charge >= 0.3 is 0 Å². The molecule has 2 fully saturated rings. The van der Waals surface area contributed by atoms with Crippen molar-refractivity contribution in [2.75, 3.05) is 19.7 Å². The van der Waals surface area contributed by atoms with Crippen LogP contribution in [0.25, 0.3) is 0 Å². The van der Waals surface area contributed by atoms with Crippen molar-refractivity contribution in [1.29, 1.82) is 0 Å². The molecule has 1 saturated carbocycles. The van der Waals surface area contributed by atoms with Gasteiger partial charge in [0, 0.05) is 13.1 Å². The van der Waals surface area contributed by atoms with Crippen molar-refractivity contribution in [2.24, 2.45) is 0 Å². The summed E-state index contributed by atoms with van der Waals surface area (Å²) in [6.07, 6.45) is 6.69. The predicted octanol–water partition coefficient (Wildman–Crippen LogP) is 1.31. The van der Waals surface area contributed by atoms with Gasteiger partial charge in [0.05, 0.1) is 12.2 Å². The molecule has 1 aliphatic heterocycles. The molecule has 1 aliphatic carbocycles. The molecule has 64 valence electrons. The third kappa shape index (κ3) is 1.57. The van der Waals surface area contributed by atoms with Gasteiger partial charge in [-0.15, -0.1) is 0 Å². The highest BCUT2D eigenvalue weighted by atomic mass is 16.5. The van der Waals surface area contributed by atoms with Crippen LogP contribution in [0, 0.1) is 0 Å². The highest BCUT2D eigenvalue weighted by molar-refractivity contribution is 4.88. The van der Waals surface area contributed by atoms with Gasteiger partial charge in [-0.25, -0.2) is 0 Å². The normalized spacial score (nSPS) is 30.5. The number of morpholine rings is 1. The van der Waals surface area contributed by atoms with Gasteiger partial charge in [0.25, 0.3) is 0 Å². The van der Waals surface area contributed by atoms with Gasteiger partial charge in [-0.2, -0.15) is 0 Å². The van der Waals surface area contributed by atoms with E-state index in [9.17, 15) is 0 Å². The van der Waals surface area contributed by atoms with Gasteiger partial charge in [-0.1, -0.05) is 19.3 Å². The fourth-order valence-corrected chi connectivity index (χ4v) is 2.22. The molecule has 1 spiro atoms. The Bertz CT molecular complexity index is 104. The van der Waals surface area contributed by atoms with Crippen molar-refractivity contribution in [2.45, 2.75) is 37.7 Å². The maximum atomic E-state index is 5.84. The number of ether oxygens (including phenoxy) is 1. The number of hydrogen-bond acceptors (Lipinski definition) is 2. The Labute approximate surface area is 68.3 Å². The summed E-state index contributed by atoms with van der Waals surface area (Å²) < 4.78 is 5.84. The van der Waals surface area contributed by atoms with E-state index < -0.39 is 0 Å². The monoisotopic (exact) mass is 155 g/mol. The van der Waals surface area contributed by atoms with Gasteiger partial charge in [-0.3, -0.25) is 0 Å². The average Bonchev–Trinajstić information content (AvgIpc) is 2.07. The lowest BCUT2D eigenvalue weighted by atomic mass is 9.84. The fourth-order valence-electron chi connectivity index (χ4n) is 2.22. The van der Waals surface area contributed by atoms with Crippen LogP contribution in [0.2, 0.25) is 0 Å². The van der Waals surface area contributed by atoms with Gasteiger partial charge < -0.3 is 10.1 Å². The predicted molar refractivity (Wildman–Crippen MR) is 44.6 cm³/mol. The molecule has 1 N–H and O–H groups in total. The molecular formula is C9H17NO. The third-order valence-corrected chi connectivity index (χ3v) is 2.90. The second-order valence-electron chi connectivity index (χ2n) is 3.77. The first-order valence-electron chi connectivity index (χ1n) is 4.76. The van der Waals surface area contributed by atoms with Gasteiger partial charge in [-0.05, 0) is 12.8 Å². The summed E-state index contributed by atoms with van der Waals surface area (Å²) in [4.78, 5) is 0. The third-order valence-electron chi connectivity index (χ3n) is 2.90. The molecule has 0 aromatic carbocycles. The lowest BCUT2D eigenvalue weighted by Crippen LogP contribution is -2.50. The molecule has 2 aliphatic rings. The van der Waals surface area contributed by atoms with Crippen LogP contribution in [-0.2, 0) is 4.74 Å². The van der Waals surface area contributed by atoms with Gasteiger partial charge in [0.2, 0.25) is 0 Å². The summed E-state index contributed by atoms with van der Waals surface area (Å²) in [5.41, 5.74) is 0.247. The summed E-state index contributed by atoms with van der Waals surface area (Å²) >= 11 is 0. The summed E-state index contributed by atoms with van der Waals surface area (Å²) in [6, 6.07) is 0. The maximum Gasteiger partial charge on any atom is 0.0806 e. The van der Waals surface area contributed by atoms with Gasteiger partial charge in [0.15, 0.2) is 0 Å². The minimum atomic E-state index is 0.247. The second-order valence-corrected chi connectivity index (χ2v) is 3.77. The zero-order chi connectivity index (χ0) is 7.57. The lowest BCUT2D eigenvalue weighted by molar-refractivity contribution is -0.0874. The summed E-state index contributed by atoms with van der Waals surface area (Å²) in [5.74, 6) is 0. The summed E-state index contributed by atoms with van der Waals surface area (Å²) in [6.45, 7) is 3.05. The summed E-state index contributed by atoms with van der Waals surface area (Å²) in [7, 11) is 0. The molecule has 11 heavy (non-hydrogen) atoms. The smallest absolute Gasteiger partial charge is 0.0806 e. The van der Waals surface area contributed by atoms with Crippen molar-refractivity contribution in [3.8, 4) is 0 Å². The molecule has 2 nitrogen and oxygen atoms in total. The van der Waals surface area contributed by atoms with Crippen molar-refractivity contribution < 1.29 is 4.74 Å². The Balaban J connectivity index is 1.94. The van der Waals surface area contributed by atoms with Gasteiger partial charge in [0.1, 0.15) is 0 Å². The molecule has 0 bridgehead atoms. The lowest BCUT2D eigenvalue weighted by Gasteiger charge is -2.40. The Morgan fingerprint density at radius 3 is 2.55 bits per heavy atom. The van der Waals surface area contributed by atoms with Crippen molar-refractivity contribution >= 4 is 0 Å². The number of nitrogens with one attached hydrogen (secondary N) is 1. The highest BCUT2D eigenvalue weighted by Crippen LogP contribution is 2.31. The van der Waals surface area contributed by atoms with Crippen molar-refractivity contribution in [3.05, 3.63) is 0 Å². The van der Waals surface area contributed by atoms with Crippen LogP contribution >= 0.6 is 0 Å². The van der Waals surface area contributed by atoms with E-state index in [2.05, 4.69) is 5.32 Å². The number of rotatable bonds is 0. The minimum Gasteiger partial charge on any atom is -0.372 e. The molecule has 2 heteroatoms. The zero-order valence-electron chi connectivity index (χ0n) is 7.07. The molecule has 2 rings (SSSR count). The molecule has 0 unspecified atom stereocenters. The van der Waals surface area contributed by atoms with E-state index in [0.29, 0.717) is 0 Å². The Morgan fingerprint density at radius 2 is 1.91 bits per heavy atom. The molecule has 0 aromatic heterocycles. The van der Waals surface area contributed by atoms with Crippen molar-refractivity contribution in [1.82, 2.24) is 5.32 Å². The second kappa shape index (κ2) is 3.11. The molecular weight excluding hydrogens is 138 g/mol. The van der Waals surface area contributed by atoms with Crippen LogP contribution < -0.4 is 5.32 Å². The largest absolute Gasteiger partial charge is 0.372 e. The quantitative estimate of drug-likeness (QED) is 0.569. The first kappa shape index (κ1) is 7.56. The number of hydrogen-bond donors (Lipinski definition) is 1. The van der Waals surface area contributed by atoms with Crippen LogP contribution in [0.4, 0.5) is 0 Å². The molecule has 0 aromatic rings. The van der Waals surface area contributed by atoms with E-state index in [0.717, 1.165) is 19.7 Å². The van der Waals surface area contributed by atoms with Crippen LogP contribution in [0.15, 0.2) is 0 Å². The highest BCUT2D eigenvalue weighted by Gasteiger charge is 2.34. The SMILES string of the molecule is C1CCC2(CC1)CNCCO2. The van der Waals surface area contributed by atoms with Crippen LogP contribution in [0.3, 0.4) is 0 Å². The van der Waals surface area contributed by atoms with E-state index in [-0.39, 0.29) is 5.60 Å². The van der Waals surface area contributed by atoms with E-state index in [1.165, 1.54) is 32.1 Å². The fraction of sp³-hybridized carbons (Fsp3) is 1.00. The molecule has 0 radical (unpaired) electrons. The standard InChI is InChI=1S/C9H17NO/c1-2-4-9(5-3-1)8-10-6-7-11-9/h10H,1-8H2. The Hall–Kier alpha value is -0.0800. The zero-order valence-corrected chi connectivity index (χ0v) is 7.07. The molecule has 1 saturated heterocycles.